The first-order valence-corrected chi connectivity index (χ1v) is 8.59. The van der Waals surface area contributed by atoms with Crippen molar-refractivity contribution in [2.45, 2.75) is 11.5 Å². The molecule has 1 aliphatic rings. The van der Waals surface area contributed by atoms with Crippen LogP contribution in [0.15, 0.2) is 47.1 Å². The third kappa shape index (κ3) is 2.56. The van der Waals surface area contributed by atoms with Gasteiger partial charge in [-0.25, -0.2) is 4.68 Å². The van der Waals surface area contributed by atoms with E-state index in [0.29, 0.717) is 5.82 Å². The standard InChI is InChI=1S/C17H15N3O3S/c1-22-12-6-4-11(5-7-12)20-16(13-9-24-10-14(13)19-20)18-17(21)15-3-2-8-23-15/h2-8H,9-10H2,1H3,(H,18,21). The molecule has 1 N–H and O–H groups in total. The number of thioether (sulfide) groups is 1. The quantitative estimate of drug-likeness (QED) is 0.787. The third-order valence-corrected chi connectivity index (χ3v) is 4.82. The number of nitrogens with zero attached hydrogens (tertiary/aromatic N) is 2. The molecule has 24 heavy (non-hydrogen) atoms. The molecule has 1 aromatic carbocycles. The number of aromatic nitrogens is 2. The Morgan fingerprint density at radius 2 is 2.12 bits per heavy atom. The van der Waals surface area contributed by atoms with Crippen LogP contribution in [0.3, 0.4) is 0 Å². The second-order valence-corrected chi connectivity index (χ2v) is 6.29. The third-order valence-electron chi connectivity index (χ3n) is 3.85. The number of rotatable bonds is 4. The number of hydrogen-bond acceptors (Lipinski definition) is 5. The maximum Gasteiger partial charge on any atom is 0.292 e. The average Bonchev–Trinajstić information content (AvgIpc) is 3.33. The van der Waals surface area contributed by atoms with E-state index in [0.717, 1.165) is 34.2 Å². The Kier molecular flexibility index (Phi) is 3.78. The molecule has 7 heteroatoms. The number of carbonyl (C=O) groups excluding carboxylic acids is 1. The SMILES string of the molecule is COc1ccc(-n2nc3c(c2NC(=O)c2ccco2)CSC3)cc1. The molecule has 0 aliphatic carbocycles. The van der Waals surface area contributed by atoms with Crippen molar-refractivity contribution in [3.63, 3.8) is 0 Å². The van der Waals surface area contributed by atoms with Crippen molar-refractivity contribution in [3.05, 3.63) is 59.7 Å². The Hall–Kier alpha value is -2.67. The number of hydrogen-bond donors (Lipinski definition) is 1. The zero-order valence-corrected chi connectivity index (χ0v) is 13.8. The summed E-state index contributed by atoms with van der Waals surface area (Å²) in [7, 11) is 1.63. The highest BCUT2D eigenvalue weighted by Gasteiger charge is 2.25. The molecular formula is C17H15N3O3S. The monoisotopic (exact) mass is 341 g/mol. The largest absolute Gasteiger partial charge is 0.497 e. The van der Waals surface area contributed by atoms with Crippen molar-refractivity contribution < 1.29 is 13.9 Å². The van der Waals surface area contributed by atoms with Crippen LogP contribution in [0.1, 0.15) is 21.8 Å². The van der Waals surface area contributed by atoms with E-state index in [2.05, 4.69) is 10.4 Å². The van der Waals surface area contributed by atoms with Crippen LogP contribution in [0.5, 0.6) is 5.75 Å². The molecule has 6 nitrogen and oxygen atoms in total. The van der Waals surface area contributed by atoms with E-state index in [-0.39, 0.29) is 11.7 Å². The number of fused-ring (bicyclic) bond motifs is 1. The first-order chi connectivity index (χ1) is 11.8. The topological polar surface area (TPSA) is 69.3 Å². The summed E-state index contributed by atoms with van der Waals surface area (Å²) >= 11 is 1.79. The van der Waals surface area contributed by atoms with Crippen LogP contribution in [-0.4, -0.2) is 22.8 Å². The number of furan rings is 1. The molecule has 0 bridgehead atoms. The minimum Gasteiger partial charge on any atom is -0.497 e. The molecular weight excluding hydrogens is 326 g/mol. The molecule has 1 aliphatic heterocycles. The van der Waals surface area contributed by atoms with Crippen LogP contribution >= 0.6 is 11.8 Å². The Morgan fingerprint density at radius 3 is 2.83 bits per heavy atom. The smallest absolute Gasteiger partial charge is 0.292 e. The molecule has 4 rings (SSSR count). The minimum atomic E-state index is -0.283. The Morgan fingerprint density at radius 1 is 1.29 bits per heavy atom. The summed E-state index contributed by atoms with van der Waals surface area (Å²) in [5.74, 6) is 3.14. The minimum absolute atomic E-state index is 0.275. The van der Waals surface area contributed by atoms with Gasteiger partial charge in [-0.05, 0) is 36.4 Å². The number of amides is 1. The van der Waals surface area contributed by atoms with Gasteiger partial charge in [0.2, 0.25) is 0 Å². The van der Waals surface area contributed by atoms with E-state index in [9.17, 15) is 4.79 Å². The maximum atomic E-state index is 12.4. The molecule has 3 heterocycles. The van der Waals surface area contributed by atoms with Crippen LogP contribution in [-0.2, 0) is 11.5 Å². The first kappa shape index (κ1) is 14.9. The van der Waals surface area contributed by atoms with Gasteiger partial charge < -0.3 is 14.5 Å². The fraction of sp³-hybridized carbons (Fsp3) is 0.176. The molecule has 0 fully saturated rings. The molecule has 0 unspecified atom stereocenters. The zero-order chi connectivity index (χ0) is 16.5. The molecule has 0 radical (unpaired) electrons. The van der Waals surface area contributed by atoms with Gasteiger partial charge in [-0.2, -0.15) is 16.9 Å². The van der Waals surface area contributed by atoms with Crippen molar-refractivity contribution in [1.82, 2.24) is 9.78 Å². The lowest BCUT2D eigenvalue weighted by Crippen LogP contribution is -2.15. The van der Waals surface area contributed by atoms with Gasteiger partial charge in [0, 0.05) is 17.1 Å². The van der Waals surface area contributed by atoms with Crippen LogP contribution < -0.4 is 10.1 Å². The molecule has 122 valence electrons. The zero-order valence-electron chi connectivity index (χ0n) is 13.0. The molecule has 0 atom stereocenters. The van der Waals surface area contributed by atoms with E-state index in [1.807, 2.05) is 24.3 Å². The predicted octanol–water partition coefficient (Wildman–Crippen LogP) is 3.47. The number of benzene rings is 1. The number of carbonyl (C=O) groups is 1. The van der Waals surface area contributed by atoms with Crippen molar-refractivity contribution >= 4 is 23.5 Å². The Bertz CT molecular complexity index is 869. The molecule has 0 saturated carbocycles. The summed E-state index contributed by atoms with van der Waals surface area (Å²) in [6, 6.07) is 10.9. The van der Waals surface area contributed by atoms with Crippen LogP contribution in [0.4, 0.5) is 5.82 Å². The molecule has 1 amide bonds. The average molecular weight is 341 g/mol. The maximum absolute atomic E-state index is 12.4. The summed E-state index contributed by atoms with van der Waals surface area (Å²) < 4.78 is 12.1. The lowest BCUT2D eigenvalue weighted by atomic mass is 10.2. The van der Waals surface area contributed by atoms with Crippen LogP contribution in [0, 0.1) is 0 Å². The lowest BCUT2D eigenvalue weighted by molar-refractivity contribution is 0.0996. The molecule has 2 aromatic heterocycles. The van der Waals surface area contributed by atoms with E-state index in [4.69, 9.17) is 9.15 Å². The number of nitrogens with one attached hydrogen (secondary N) is 1. The number of anilines is 1. The van der Waals surface area contributed by atoms with Gasteiger partial charge in [0.25, 0.3) is 5.91 Å². The summed E-state index contributed by atoms with van der Waals surface area (Å²) in [6.07, 6.45) is 1.48. The summed E-state index contributed by atoms with van der Waals surface area (Å²) in [5.41, 5.74) is 2.94. The van der Waals surface area contributed by atoms with Gasteiger partial charge in [-0.15, -0.1) is 0 Å². The first-order valence-electron chi connectivity index (χ1n) is 7.44. The predicted molar refractivity (Wildman–Crippen MR) is 91.8 cm³/mol. The van der Waals surface area contributed by atoms with Gasteiger partial charge in [-0.3, -0.25) is 4.79 Å². The lowest BCUT2D eigenvalue weighted by Gasteiger charge is -2.10. The van der Waals surface area contributed by atoms with E-state index in [1.165, 1.54) is 6.26 Å². The van der Waals surface area contributed by atoms with Gasteiger partial charge >= 0.3 is 0 Å². The fourth-order valence-corrected chi connectivity index (χ4v) is 3.66. The second kappa shape index (κ2) is 6.09. The highest BCUT2D eigenvalue weighted by Crippen LogP contribution is 2.36. The van der Waals surface area contributed by atoms with E-state index >= 15 is 0 Å². The summed E-state index contributed by atoms with van der Waals surface area (Å²) in [6.45, 7) is 0. The van der Waals surface area contributed by atoms with Crippen LogP contribution in [0.25, 0.3) is 5.69 Å². The normalized spacial score (nSPS) is 12.9. The van der Waals surface area contributed by atoms with Crippen molar-refractivity contribution in [3.8, 4) is 11.4 Å². The highest BCUT2D eigenvalue weighted by atomic mass is 32.2. The van der Waals surface area contributed by atoms with Gasteiger partial charge in [-0.1, -0.05) is 0 Å². The highest BCUT2D eigenvalue weighted by molar-refractivity contribution is 7.98. The second-order valence-electron chi connectivity index (χ2n) is 5.31. The van der Waals surface area contributed by atoms with Crippen LogP contribution in [0.2, 0.25) is 0 Å². The fourth-order valence-electron chi connectivity index (χ4n) is 2.63. The number of methoxy groups -OCH3 is 1. The van der Waals surface area contributed by atoms with Gasteiger partial charge in [0.15, 0.2) is 5.76 Å². The Balaban J connectivity index is 1.73. The van der Waals surface area contributed by atoms with E-state index in [1.54, 1.807) is 35.7 Å². The van der Waals surface area contributed by atoms with Crippen molar-refractivity contribution in [2.75, 3.05) is 12.4 Å². The summed E-state index contributed by atoms with van der Waals surface area (Å²) in [4.78, 5) is 12.4. The van der Waals surface area contributed by atoms with Gasteiger partial charge in [0.1, 0.15) is 11.6 Å². The van der Waals surface area contributed by atoms with Crippen molar-refractivity contribution in [2.24, 2.45) is 0 Å². The van der Waals surface area contributed by atoms with Crippen molar-refractivity contribution in [1.29, 1.82) is 0 Å². The number of ether oxygens (including phenoxy) is 1. The van der Waals surface area contributed by atoms with E-state index < -0.39 is 0 Å². The molecule has 0 spiro atoms. The molecule has 0 saturated heterocycles. The summed E-state index contributed by atoms with van der Waals surface area (Å²) in [5, 5.41) is 7.60. The Labute approximate surface area is 142 Å². The molecule has 3 aromatic rings. The van der Waals surface area contributed by atoms with Gasteiger partial charge in [0.05, 0.1) is 24.8 Å².